The Morgan fingerprint density at radius 3 is 2.50 bits per heavy atom. The van der Waals surface area contributed by atoms with Gasteiger partial charge in [0, 0.05) is 0 Å². The highest BCUT2D eigenvalue weighted by Crippen LogP contribution is 2.21. The number of hydrogen-bond acceptors (Lipinski definition) is 3. The Hall–Kier alpha value is -1.95. The standard InChI is InChI=1S/C14H17FN2O3/c1-8-2-7-11(20-8)14(19)17-12(13(16)18)9-3-5-10(15)6-4-9/h3-6,8,11-12H,2,7H2,1H3,(H2,16,18)(H,17,19)/t8-,11+,12-/m1/s1. The lowest BCUT2D eigenvalue weighted by atomic mass is 10.1. The number of nitrogens with two attached hydrogens (primary N) is 1. The largest absolute Gasteiger partial charge is 0.368 e. The summed E-state index contributed by atoms with van der Waals surface area (Å²) in [5.41, 5.74) is 5.74. The third kappa shape index (κ3) is 3.33. The fourth-order valence-corrected chi connectivity index (χ4v) is 2.20. The van der Waals surface area contributed by atoms with E-state index in [0.717, 1.165) is 6.42 Å². The minimum absolute atomic E-state index is 0.0311. The molecular formula is C14H17FN2O3. The fraction of sp³-hybridized carbons (Fsp3) is 0.429. The fourth-order valence-electron chi connectivity index (χ4n) is 2.20. The highest BCUT2D eigenvalue weighted by atomic mass is 19.1. The monoisotopic (exact) mass is 280 g/mol. The van der Waals surface area contributed by atoms with Crippen molar-refractivity contribution in [1.29, 1.82) is 0 Å². The van der Waals surface area contributed by atoms with Gasteiger partial charge in [0.05, 0.1) is 6.10 Å². The SMILES string of the molecule is C[C@@H]1CC[C@@H](C(=O)N[C@@H](C(N)=O)c2ccc(F)cc2)O1. The number of ether oxygens (including phenoxy) is 1. The van der Waals surface area contributed by atoms with Crippen LogP contribution < -0.4 is 11.1 Å². The molecule has 0 aromatic heterocycles. The van der Waals surface area contributed by atoms with Gasteiger partial charge in [-0.15, -0.1) is 0 Å². The van der Waals surface area contributed by atoms with E-state index in [1.54, 1.807) is 0 Å². The van der Waals surface area contributed by atoms with Crippen molar-refractivity contribution >= 4 is 11.8 Å². The van der Waals surface area contributed by atoms with Crippen LogP contribution in [0.15, 0.2) is 24.3 Å². The second-order valence-electron chi connectivity index (χ2n) is 4.91. The van der Waals surface area contributed by atoms with Gasteiger partial charge in [-0.2, -0.15) is 0 Å². The van der Waals surface area contributed by atoms with Gasteiger partial charge >= 0.3 is 0 Å². The summed E-state index contributed by atoms with van der Waals surface area (Å²) in [5, 5.41) is 2.55. The zero-order valence-corrected chi connectivity index (χ0v) is 11.1. The Labute approximate surface area is 116 Å². The predicted octanol–water partition coefficient (Wildman–Crippen LogP) is 1.04. The molecule has 0 aliphatic carbocycles. The van der Waals surface area contributed by atoms with Gasteiger partial charge in [-0.3, -0.25) is 9.59 Å². The maximum absolute atomic E-state index is 12.9. The maximum Gasteiger partial charge on any atom is 0.250 e. The van der Waals surface area contributed by atoms with Gasteiger partial charge in [-0.05, 0) is 37.5 Å². The predicted molar refractivity (Wildman–Crippen MR) is 70.0 cm³/mol. The van der Waals surface area contributed by atoms with E-state index in [0.29, 0.717) is 12.0 Å². The van der Waals surface area contributed by atoms with E-state index < -0.39 is 23.9 Å². The molecule has 3 atom stereocenters. The van der Waals surface area contributed by atoms with Crippen LogP contribution in [-0.2, 0) is 14.3 Å². The molecule has 108 valence electrons. The minimum Gasteiger partial charge on any atom is -0.368 e. The molecule has 0 saturated carbocycles. The lowest BCUT2D eigenvalue weighted by Crippen LogP contribution is -2.42. The number of primary amides is 1. The molecule has 0 spiro atoms. The third-order valence-corrected chi connectivity index (χ3v) is 3.30. The molecule has 1 saturated heterocycles. The Bertz CT molecular complexity index is 504. The summed E-state index contributed by atoms with van der Waals surface area (Å²) in [7, 11) is 0. The van der Waals surface area contributed by atoms with Crippen LogP contribution in [0.25, 0.3) is 0 Å². The zero-order valence-electron chi connectivity index (χ0n) is 11.1. The van der Waals surface area contributed by atoms with Crippen LogP contribution >= 0.6 is 0 Å². The zero-order chi connectivity index (χ0) is 14.7. The Kier molecular flexibility index (Phi) is 4.34. The molecule has 0 radical (unpaired) electrons. The van der Waals surface area contributed by atoms with Crippen molar-refractivity contribution in [2.24, 2.45) is 5.73 Å². The third-order valence-electron chi connectivity index (χ3n) is 3.30. The van der Waals surface area contributed by atoms with Crippen LogP contribution in [0.4, 0.5) is 4.39 Å². The topological polar surface area (TPSA) is 81.4 Å². The van der Waals surface area contributed by atoms with Crippen molar-refractivity contribution in [3.8, 4) is 0 Å². The van der Waals surface area contributed by atoms with Crippen molar-refractivity contribution < 1.29 is 18.7 Å². The van der Waals surface area contributed by atoms with Gasteiger partial charge in [-0.25, -0.2) is 4.39 Å². The van der Waals surface area contributed by atoms with Gasteiger partial charge in [0.15, 0.2) is 0 Å². The first-order valence-corrected chi connectivity index (χ1v) is 6.48. The minimum atomic E-state index is -0.984. The van der Waals surface area contributed by atoms with Crippen LogP contribution in [0.2, 0.25) is 0 Å². The normalized spacial score (nSPS) is 23.3. The molecule has 2 rings (SSSR count). The molecule has 0 unspecified atom stereocenters. The number of halogens is 1. The first-order valence-electron chi connectivity index (χ1n) is 6.48. The Balaban J connectivity index is 2.08. The van der Waals surface area contributed by atoms with Gasteiger partial charge < -0.3 is 15.8 Å². The van der Waals surface area contributed by atoms with Gasteiger partial charge in [0.1, 0.15) is 18.0 Å². The van der Waals surface area contributed by atoms with E-state index in [1.165, 1.54) is 24.3 Å². The number of nitrogens with one attached hydrogen (secondary N) is 1. The van der Waals surface area contributed by atoms with E-state index >= 15 is 0 Å². The lowest BCUT2D eigenvalue weighted by Gasteiger charge is -2.18. The number of carbonyl (C=O) groups is 2. The van der Waals surface area contributed by atoms with Crippen LogP contribution in [-0.4, -0.2) is 24.0 Å². The quantitative estimate of drug-likeness (QED) is 0.864. The van der Waals surface area contributed by atoms with Crippen LogP contribution in [0.3, 0.4) is 0 Å². The van der Waals surface area contributed by atoms with Crippen molar-refractivity contribution in [3.63, 3.8) is 0 Å². The van der Waals surface area contributed by atoms with Gasteiger partial charge in [0.2, 0.25) is 11.8 Å². The van der Waals surface area contributed by atoms with Crippen molar-refractivity contribution in [2.45, 2.75) is 38.0 Å². The number of hydrogen-bond donors (Lipinski definition) is 2. The van der Waals surface area contributed by atoms with Crippen molar-refractivity contribution in [2.75, 3.05) is 0 Å². The van der Waals surface area contributed by atoms with Crippen LogP contribution in [0.1, 0.15) is 31.4 Å². The molecule has 0 bridgehead atoms. The lowest BCUT2D eigenvalue weighted by molar-refractivity contribution is -0.135. The maximum atomic E-state index is 12.9. The molecule has 3 N–H and O–H groups in total. The molecule has 2 amide bonds. The van der Waals surface area contributed by atoms with Crippen molar-refractivity contribution in [1.82, 2.24) is 5.32 Å². The van der Waals surface area contributed by atoms with E-state index in [-0.39, 0.29) is 12.0 Å². The second kappa shape index (κ2) is 6.00. The second-order valence-corrected chi connectivity index (χ2v) is 4.91. The average molecular weight is 280 g/mol. The molecule has 20 heavy (non-hydrogen) atoms. The Morgan fingerprint density at radius 2 is 2.00 bits per heavy atom. The first-order chi connectivity index (χ1) is 9.47. The molecule has 1 aromatic carbocycles. The summed E-state index contributed by atoms with van der Waals surface area (Å²) in [6, 6.07) is 4.28. The molecule has 1 aliphatic heterocycles. The molecule has 1 heterocycles. The van der Waals surface area contributed by atoms with E-state index in [1.807, 2.05) is 6.92 Å². The van der Waals surface area contributed by atoms with Crippen LogP contribution in [0.5, 0.6) is 0 Å². The summed E-state index contributed by atoms with van der Waals surface area (Å²) < 4.78 is 18.3. The summed E-state index contributed by atoms with van der Waals surface area (Å²) in [5.74, 6) is -1.49. The molecule has 6 heteroatoms. The molecular weight excluding hydrogens is 263 g/mol. The van der Waals surface area contributed by atoms with Gasteiger partial charge in [-0.1, -0.05) is 12.1 Å². The summed E-state index contributed by atoms with van der Waals surface area (Å²) >= 11 is 0. The Morgan fingerprint density at radius 1 is 1.35 bits per heavy atom. The number of rotatable bonds is 4. The number of carbonyl (C=O) groups excluding carboxylic acids is 2. The molecule has 1 aliphatic rings. The summed E-state index contributed by atoms with van der Waals surface area (Å²) in [4.78, 5) is 23.5. The molecule has 1 fully saturated rings. The van der Waals surface area contributed by atoms with E-state index in [2.05, 4.69) is 5.32 Å². The highest BCUT2D eigenvalue weighted by molar-refractivity contribution is 5.89. The van der Waals surface area contributed by atoms with Crippen molar-refractivity contribution in [3.05, 3.63) is 35.6 Å². The summed E-state index contributed by atoms with van der Waals surface area (Å²) in [6.07, 6.45) is 0.883. The summed E-state index contributed by atoms with van der Waals surface area (Å²) in [6.45, 7) is 1.89. The molecule has 5 nitrogen and oxygen atoms in total. The van der Waals surface area contributed by atoms with E-state index in [4.69, 9.17) is 10.5 Å². The smallest absolute Gasteiger partial charge is 0.250 e. The number of amides is 2. The first kappa shape index (κ1) is 14.5. The average Bonchev–Trinajstić information content (AvgIpc) is 2.83. The number of benzene rings is 1. The molecule has 1 aromatic rings. The highest BCUT2D eigenvalue weighted by Gasteiger charge is 2.31. The van der Waals surface area contributed by atoms with Crippen LogP contribution in [0, 0.1) is 5.82 Å². The van der Waals surface area contributed by atoms with Gasteiger partial charge in [0.25, 0.3) is 0 Å². The van der Waals surface area contributed by atoms with E-state index in [9.17, 15) is 14.0 Å².